The quantitative estimate of drug-likeness (QED) is 0.733. The average Bonchev–Trinajstić information content (AvgIpc) is 2.49. The van der Waals surface area contributed by atoms with E-state index < -0.39 is 0 Å². The third-order valence-electron chi connectivity index (χ3n) is 3.47. The van der Waals surface area contributed by atoms with Crippen molar-refractivity contribution in [3.8, 4) is 0 Å². The third-order valence-corrected chi connectivity index (χ3v) is 3.47. The van der Waals surface area contributed by atoms with Crippen molar-refractivity contribution < 1.29 is 9.36 Å². The van der Waals surface area contributed by atoms with Crippen molar-refractivity contribution in [3.05, 3.63) is 72.4 Å². The second kappa shape index (κ2) is 5.75. The van der Waals surface area contributed by atoms with Crippen molar-refractivity contribution in [2.75, 3.05) is 5.32 Å². The van der Waals surface area contributed by atoms with Gasteiger partial charge in [-0.25, -0.2) is 14.7 Å². The molecule has 1 heterocycles. The number of carbonyl (C=O) groups excluding carboxylic acids is 1. The summed E-state index contributed by atoms with van der Waals surface area (Å²) in [5.41, 5.74) is 1.23. The third kappa shape index (κ3) is 2.92. The standard InChI is InChI=1S/C18H16N2O/c1-14(21)19-18-11-4-5-12-20(18)13-16-9-6-8-15-7-2-3-10-17(15)16/h2-12H,13H2,1H3/p+1. The lowest BCUT2D eigenvalue weighted by Crippen LogP contribution is -2.38. The molecule has 0 saturated heterocycles. The highest BCUT2D eigenvalue weighted by atomic mass is 16.1. The van der Waals surface area contributed by atoms with Gasteiger partial charge in [0.2, 0.25) is 0 Å². The van der Waals surface area contributed by atoms with Crippen LogP contribution in [0, 0.1) is 0 Å². The van der Waals surface area contributed by atoms with Gasteiger partial charge < -0.3 is 0 Å². The molecule has 0 aliphatic heterocycles. The molecule has 0 radical (unpaired) electrons. The van der Waals surface area contributed by atoms with Gasteiger partial charge in [0, 0.05) is 18.6 Å². The van der Waals surface area contributed by atoms with E-state index in [0.29, 0.717) is 0 Å². The molecule has 3 aromatic rings. The molecule has 104 valence electrons. The Balaban J connectivity index is 2.01. The number of benzene rings is 2. The fourth-order valence-corrected chi connectivity index (χ4v) is 2.52. The van der Waals surface area contributed by atoms with Gasteiger partial charge in [-0.1, -0.05) is 48.5 Å². The minimum Gasteiger partial charge on any atom is -0.247 e. The first-order valence-electron chi connectivity index (χ1n) is 6.97. The maximum absolute atomic E-state index is 11.3. The topological polar surface area (TPSA) is 33.0 Å². The zero-order valence-corrected chi connectivity index (χ0v) is 11.9. The monoisotopic (exact) mass is 277 g/mol. The molecule has 0 unspecified atom stereocenters. The van der Waals surface area contributed by atoms with Crippen LogP contribution in [0.1, 0.15) is 12.5 Å². The lowest BCUT2D eigenvalue weighted by molar-refractivity contribution is -0.673. The SMILES string of the molecule is CC(=O)Nc1cccc[n+]1Cc1cccc2ccccc12. The summed E-state index contributed by atoms with van der Waals surface area (Å²) in [4.78, 5) is 11.3. The molecule has 1 N–H and O–H groups in total. The number of carbonyl (C=O) groups is 1. The van der Waals surface area contributed by atoms with Gasteiger partial charge in [-0.3, -0.25) is 0 Å². The summed E-state index contributed by atoms with van der Waals surface area (Å²) in [6, 6.07) is 20.5. The Morgan fingerprint density at radius 2 is 1.76 bits per heavy atom. The molecule has 3 nitrogen and oxygen atoms in total. The van der Waals surface area contributed by atoms with E-state index in [2.05, 4.69) is 41.7 Å². The van der Waals surface area contributed by atoms with Crippen LogP contribution in [0.4, 0.5) is 5.82 Å². The summed E-state index contributed by atoms with van der Waals surface area (Å²) in [5.74, 6) is 0.741. The molecule has 0 atom stereocenters. The Kier molecular flexibility index (Phi) is 3.65. The number of nitrogens with one attached hydrogen (secondary N) is 1. The molecule has 1 aromatic heterocycles. The molecule has 1 amide bonds. The normalized spacial score (nSPS) is 10.5. The van der Waals surface area contributed by atoms with Crippen LogP contribution in [0.5, 0.6) is 0 Å². The van der Waals surface area contributed by atoms with Gasteiger partial charge in [-0.05, 0) is 16.8 Å². The van der Waals surface area contributed by atoms with Crippen LogP contribution in [0.15, 0.2) is 66.9 Å². The van der Waals surface area contributed by atoms with Crippen molar-refractivity contribution in [1.29, 1.82) is 0 Å². The van der Waals surface area contributed by atoms with Gasteiger partial charge in [-0.2, -0.15) is 0 Å². The molecule has 0 saturated carbocycles. The van der Waals surface area contributed by atoms with Crippen LogP contribution < -0.4 is 9.88 Å². The van der Waals surface area contributed by atoms with E-state index in [1.165, 1.54) is 23.3 Å². The summed E-state index contributed by atoms with van der Waals surface area (Å²) in [7, 11) is 0. The van der Waals surface area contributed by atoms with Crippen molar-refractivity contribution in [3.63, 3.8) is 0 Å². The molecule has 0 spiro atoms. The maximum atomic E-state index is 11.3. The zero-order chi connectivity index (χ0) is 14.7. The smallest absolute Gasteiger partial charge is 0.247 e. The van der Waals surface area contributed by atoms with E-state index in [1.807, 2.05) is 35.0 Å². The van der Waals surface area contributed by atoms with Crippen LogP contribution in [-0.2, 0) is 11.3 Å². The van der Waals surface area contributed by atoms with E-state index in [4.69, 9.17) is 0 Å². The van der Waals surface area contributed by atoms with Crippen molar-refractivity contribution in [1.82, 2.24) is 0 Å². The van der Waals surface area contributed by atoms with Crippen molar-refractivity contribution in [2.24, 2.45) is 0 Å². The van der Waals surface area contributed by atoms with E-state index in [9.17, 15) is 4.79 Å². The molecule has 0 fully saturated rings. The second-order valence-electron chi connectivity index (χ2n) is 5.03. The fraction of sp³-hybridized carbons (Fsp3) is 0.111. The Morgan fingerprint density at radius 3 is 2.62 bits per heavy atom. The summed E-state index contributed by atoms with van der Waals surface area (Å²) >= 11 is 0. The molecule has 3 heteroatoms. The van der Waals surface area contributed by atoms with Gasteiger partial charge in [0.05, 0.1) is 6.20 Å². The van der Waals surface area contributed by atoms with Crippen molar-refractivity contribution >= 4 is 22.5 Å². The van der Waals surface area contributed by atoms with E-state index in [0.717, 1.165) is 12.4 Å². The number of pyridine rings is 1. The first-order valence-corrected chi connectivity index (χ1v) is 6.97. The minimum absolute atomic E-state index is 0.0622. The first-order chi connectivity index (χ1) is 10.2. The maximum Gasteiger partial charge on any atom is 0.304 e. The molecule has 0 bridgehead atoms. The lowest BCUT2D eigenvalue weighted by atomic mass is 10.0. The Bertz CT molecular complexity index is 791. The molecular weight excluding hydrogens is 260 g/mol. The number of nitrogens with zero attached hydrogens (tertiary/aromatic N) is 1. The van der Waals surface area contributed by atoms with Gasteiger partial charge >= 0.3 is 5.91 Å². The number of amides is 1. The fourth-order valence-electron chi connectivity index (χ4n) is 2.52. The molecular formula is C18H17N2O+. The highest BCUT2D eigenvalue weighted by molar-refractivity contribution is 5.87. The molecule has 3 rings (SSSR count). The van der Waals surface area contributed by atoms with E-state index in [1.54, 1.807) is 0 Å². The number of rotatable bonds is 3. The predicted octanol–water partition coefficient (Wildman–Crippen LogP) is 3.13. The summed E-state index contributed by atoms with van der Waals surface area (Å²) in [5, 5.41) is 5.34. The number of hydrogen-bond donors (Lipinski definition) is 1. The number of anilines is 1. The van der Waals surface area contributed by atoms with E-state index >= 15 is 0 Å². The molecule has 0 aliphatic carbocycles. The Morgan fingerprint density at radius 1 is 1.00 bits per heavy atom. The highest BCUT2D eigenvalue weighted by Gasteiger charge is 2.11. The number of fused-ring (bicyclic) bond motifs is 1. The molecule has 0 aliphatic rings. The van der Waals surface area contributed by atoms with Crippen LogP contribution >= 0.6 is 0 Å². The van der Waals surface area contributed by atoms with Crippen LogP contribution in [-0.4, -0.2) is 5.91 Å². The lowest BCUT2D eigenvalue weighted by Gasteiger charge is -2.08. The average molecular weight is 277 g/mol. The summed E-state index contributed by atoms with van der Waals surface area (Å²) < 4.78 is 2.04. The number of hydrogen-bond acceptors (Lipinski definition) is 1. The summed E-state index contributed by atoms with van der Waals surface area (Å²) in [6.07, 6.45) is 1.98. The van der Waals surface area contributed by atoms with E-state index in [-0.39, 0.29) is 5.91 Å². The van der Waals surface area contributed by atoms with Crippen LogP contribution in [0.3, 0.4) is 0 Å². The van der Waals surface area contributed by atoms with Crippen molar-refractivity contribution in [2.45, 2.75) is 13.5 Å². The molecule has 2 aromatic carbocycles. The zero-order valence-electron chi connectivity index (χ0n) is 11.9. The van der Waals surface area contributed by atoms with Crippen LogP contribution in [0.25, 0.3) is 10.8 Å². The molecule has 21 heavy (non-hydrogen) atoms. The highest BCUT2D eigenvalue weighted by Crippen LogP contribution is 2.18. The van der Waals surface area contributed by atoms with Crippen LogP contribution in [0.2, 0.25) is 0 Å². The largest absolute Gasteiger partial charge is 0.304 e. The summed E-state index contributed by atoms with van der Waals surface area (Å²) in [6.45, 7) is 2.24. The van der Waals surface area contributed by atoms with Gasteiger partial charge in [0.1, 0.15) is 6.54 Å². The van der Waals surface area contributed by atoms with Gasteiger partial charge in [0.25, 0.3) is 5.82 Å². The number of aromatic nitrogens is 1. The first kappa shape index (κ1) is 13.3. The van der Waals surface area contributed by atoms with Gasteiger partial charge in [0.15, 0.2) is 0 Å². The Labute approximate surface area is 123 Å². The second-order valence-corrected chi connectivity index (χ2v) is 5.03. The minimum atomic E-state index is -0.0622. The van der Waals surface area contributed by atoms with Gasteiger partial charge in [-0.15, -0.1) is 0 Å². The predicted molar refractivity (Wildman–Crippen MR) is 84.0 cm³/mol. The Hall–Kier alpha value is -2.68.